The van der Waals surface area contributed by atoms with Gasteiger partial charge in [-0.15, -0.1) is 11.3 Å². The van der Waals surface area contributed by atoms with E-state index in [9.17, 15) is 21.2 Å². The van der Waals surface area contributed by atoms with E-state index in [-0.39, 0.29) is 29.6 Å². The van der Waals surface area contributed by atoms with Gasteiger partial charge in [-0.25, -0.2) is 26.2 Å². The molecular weight excluding hydrogens is 475 g/mol. The molecule has 2 aromatic carbocycles. The summed E-state index contributed by atoms with van der Waals surface area (Å²) in [5.41, 5.74) is 0.889. The number of ether oxygens (including phenoxy) is 1. The highest BCUT2D eigenvalue weighted by Gasteiger charge is 2.26. The first-order valence-electron chi connectivity index (χ1n) is 9.73. The topological polar surface area (TPSA) is 93.6 Å². The molecule has 172 valence electrons. The highest BCUT2D eigenvalue weighted by Crippen LogP contribution is 2.27. The van der Waals surface area contributed by atoms with E-state index in [0.29, 0.717) is 17.1 Å². The van der Waals surface area contributed by atoms with Gasteiger partial charge in [0.2, 0.25) is 0 Å². The first-order chi connectivity index (χ1) is 15.1. The maximum Gasteiger partial charge on any atom is 0.264 e. The molecule has 0 amide bonds. The Bertz CT molecular complexity index is 1260. The summed E-state index contributed by atoms with van der Waals surface area (Å²) < 4.78 is 70.0. The van der Waals surface area contributed by atoms with Crippen molar-refractivity contribution in [2.45, 2.75) is 25.3 Å². The van der Waals surface area contributed by atoms with Gasteiger partial charge in [-0.2, -0.15) is 0 Å². The number of aryl methyl sites for hydroxylation is 1. The Labute approximate surface area is 191 Å². The Morgan fingerprint density at radius 1 is 1.03 bits per heavy atom. The molecule has 32 heavy (non-hydrogen) atoms. The van der Waals surface area contributed by atoms with Crippen molar-refractivity contribution in [3.63, 3.8) is 0 Å². The van der Waals surface area contributed by atoms with Gasteiger partial charge >= 0.3 is 0 Å². The van der Waals surface area contributed by atoms with Crippen LogP contribution in [-0.2, 0) is 26.4 Å². The molecule has 0 atom stereocenters. The number of anilines is 1. The standard InChI is InChI=1S/C21H23FN2O5S3/c1-3-31(25,26)13-12-29-20-8-10-21(11-9-20)32(27,28)24(14-18-15-30-16(2)23-18)19-6-4-17(22)5-7-19/h4-11,15H,3,12-14H2,1-2H3. The third kappa shape index (κ3) is 6.05. The number of rotatable bonds is 10. The number of aromatic nitrogens is 1. The Morgan fingerprint density at radius 2 is 1.69 bits per heavy atom. The third-order valence-corrected chi connectivity index (χ3v) is 8.88. The second kappa shape index (κ2) is 9.97. The minimum atomic E-state index is -4.00. The quantitative estimate of drug-likeness (QED) is 0.422. The lowest BCUT2D eigenvalue weighted by Gasteiger charge is -2.24. The summed E-state index contributed by atoms with van der Waals surface area (Å²) in [7, 11) is -7.15. The molecular formula is C21H23FN2O5S3. The van der Waals surface area contributed by atoms with Gasteiger partial charge in [-0.3, -0.25) is 4.31 Å². The number of sulfonamides is 1. The lowest BCUT2D eigenvalue weighted by molar-refractivity contribution is 0.340. The van der Waals surface area contributed by atoms with Crippen molar-refractivity contribution in [1.29, 1.82) is 0 Å². The summed E-state index contributed by atoms with van der Waals surface area (Å²) in [6.45, 7) is 3.36. The minimum Gasteiger partial charge on any atom is -0.493 e. The van der Waals surface area contributed by atoms with E-state index in [1.165, 1.54) is 64.2 Å². The predicted octanol–water partition coefficient (Wildman–Crippen LogP) is 3.80. The average molecular weight is 499 g/mol. The zero-order valence-electron chi connectivity index (χ0n) is 17.6. The van der Waals surface area contributed by atoms with Crippen molar-refractivity contribution in [3.05, 3.63) is 70.4 Å². The molecule has 1 aromatic heterocycles. The lowest BCUT2D eigenvalue weighted by Crippen LogP contribution is -2.30. The van der Waals surface area contributed by atoms with Crippen LogP contribution in [0.4, 0.5) is 10.1 Å². The third-order valence-electron chi connectivity index (χ3n) is 4.60. The molecule has 1 heterocycles. The molecule has 7 nitrogen and oxygen atoms in total. The van der Waals surface area contributed by atoms with Gasteiger partial charge in [-0.1, -0.05) is 6.92 Å². The van der Waals surface area contributed by atoms with Gasteiger partial charge in [0.15, 0.2) is 9.84 Å². The molecule has 0 unspecified atom stereocenters. The first kappa shape index (κ1) is 24.1. The van der Waals surface area contributed by atoms with Gasteiger partial charge in [0.1, 0.15) is 18.2 Å². The molecule has 0 aliphatic rings. The zero-order chi connectivity index (χ0) is 23.4. The zero-order valence-corrected chi connectivity index (χ0v) is 20.0. The van der Waals surface area contributed by atoms with Gasteiger partial charge < -0.3 is 4.74 Å². The fraction of sp³-hybridized carbons (Fsp3) is 0.286. The van der Waals surface area contributed by atoms with Crippen LogP contribution in [0.15, 0.2) is 58.8 Å². The first-order valence-corrected chi connectivity index (χ1v) is 13.9. The summed E-state index contributed by atoms with van der Waals surface area (Å²) in [6, 6.07) is 10.9. The van der Waals surface area contributed by atoms with E-state index >= 15 is 0 Å². The molecule has 0 aliphatic carbocycles. The molecule has 0 saturated heterocycles. The largest absolute Gasteiger partial charge is 0.493 e. The predicted molar refractivity (Wildman–Crippen MR) is 123 cm³/mol. The van der Waals surface area contributed by atoms with Crippen molar-refractivity contribution in [2.75, 3.05) is 22.4 Å². The van der Waals surface area contributed by atoms with Crippen molar-refractivity contribution < 1.29 is 26.0 Å². The number of benzene rings is 2. The van der Waals surface area contributed by atoms with Crippen LogP contribution in [0.3, 0.4) is 0 Å². The van der Waals surface area contributed by atoms with E-state index in [4.69, 9.17) is 4.74 Å². The highest BCUT2D eigenvalue weighted by atomic mass is 32.2. The highest BCUT2D eigenvalue weighted by molar-refractivity contribution is 7.92. The van der Waals surface area contributed by atoms with Crippen LogP contribution >= 0.6 is 11.3 Å². The number of thiazole rings is 1. The number of hydrogen-bond donors (Lipinski definition) is 0. The van der Waals surface area contributed by atoms with Crippen LogP contribution in [0.1, 0.15) is 17.6 Å². The monoisotopic (exact) mass is 498 g/mol. The van der Waals surface area contributed by atoms with E-state index in [1.807, 2.05) is 6.92 Å². The van der Waals surface area contributed by atoms with Crippen molar-refractivity contribution in [3.8, 4) is 5.75 Å². The molecule has 0 saturated carbocycles. The van der Waals surface area contributed by atoms with Gasteiger partial charge in [0, 0.05) is 11.1 Å². The summed E-state index contributed by atoms with van der Waals surface area (Å²) in [4.78, 5) is 4.36. The van der Waals surface area contributed by atoms with Crippen LogP contribution in [0.25, 0.3) is 0 Å². The minimum absolute atomic E-state index is 0.00850. The second-order valence-electron chi connectivity index (χ2n) is 6.90. The van der Waals surface area contributed by atoms with Crippen LogP contribution in [-0.4, -0.2) is 39.9 Å². The molecule has 3 aromatic rings. The van der Waals surface area contributed by atoms with E-state index in [2.05, 4.69) is 4.98 Å². The fourth-order valence-corrected chi connectivity index (χ4v) is 5.48. The Kier molecular flexibility index (Phi) is 7.52. The molecule has 0 spiro atoms. The Hall–Kier alpha value is -2.50. The SMILES string of the molecule is CCS(=O)(=O)CCOc1ccc(S(=O)(=O)N(Cc2csc(C)n2)c2ccc(F)cc2)cc1. The van der Waals surface area contributed by atoms with E-state index < -0.39 is 25.7 Å². The molecule has 3 rings (SSSR count). The summed E-state index contributed by atoms with van der Waals surface area (Å²) in [5.74, 6) is -0.193. The van der Waals surface area contributed by atoms with Crippen LogP contribution in [0.2, 0.25) is 0 Å². The van der Waals surface area contributed by atoms with Crippen molar-refractivity contribution in [1.82, 2.24) is 4.98 Å². The van der Waals surface area contributed by atoms with Crippen LogP contribution in [0, 0.1) is 12.7 Å². The molecule has 0 fully saturated rings. The van der Waals surface area contributed by atoms with E-state index in [1.54, 1.807) is 12.3 Å². The van der Waals surface area contributed by atoms with Gasteiger partial charge in [0.25, 0.3) is 10.0 Å². The molecule has 0 radical (unpaired) electrons. The molecule has 0 N–H and O–H groups in total. The lowest BCUT2D eigenvalue weighted by atomic mass is 10.3. The van der Waals surface area contributed by atoms with Crippen molar-refractivity contribution >= 4 is 36.9 Å². The fourth-order valence-electron chi connectivity index (χ4n) is 2.82. The number of halogens is 1. The molecule has 0 bridgehead atoms. The summed E-state index contributed by atoms with van der Waals surface area (Å²) in [6.07, 6.45) is 0. The number of nitrogens with zero attached hydrogens (tertiary/aromatic N) is 2. The maximum absolute atomic E-state index is 13.4. The average Bonchev–Trinajstić information content (AvgIpc) is 3.18. The number of hydrogen-bond acceptors (Lipinski definition) is 7. The normalized spacial score (nSPS) is 12.0. The summed E-state index contributed by atoms with van der Waals surface area (Å²) in [5, 5.41) is 2.59. The Balaban J connectivity index is 1.84. The summed E-state index contributed by atoms with van der Waals surface area (Å²) >= 11 is 1.41. The smallest absolute Gasteiger partial charge is 0.264 e. The number of sulfone groups is 1. The maximum atomic E-state index is 13.4. The van der Waals surface area contributed by atoms with E-state index in [0.717, 1.165) is 5.01 Å². The van der Waals surface area contributed by atoms with Gasteiger partial charge in [0.05, 0.1) is 33.6 Å². The van der Waals surface area contributed by atoms with Crippen molar-refractivity contribution in [2.24, 2.45) is 0 Å². The van der Waals surface area contributed by atoms with Crippen LogP contribution < -0.4 is 9.04 Å². The molecule has 11 heteroatoms. The second-order valence-corrected chi connectivity index (χ2v) is 12.3. The van der Waals surface area contributed by atoms with Gasteiger partial charge in [-0.05, 0) is 55.5 Å². The van der Waals surface area contributed by atoms with Crippen LogP contribution in [0.5, 0.6) is 5.75 Å². The molecule has 0 aliphatic heterocycles. The Morgan fingerprint density at radius 3 is 2.25 bits per heavy atom.